The molecular formula is C28H26N4O3S. The number of aromatic nitrogens is 3. The van der Waals surface area contributed by atoms with Gasteiger partial charge in [0.15, 0.2) is 17.6 Å². The van der Waals surface area contributed by atoms with Crippen LogP contribution in [0.15, 0.2) is 77.5 Å². The lowest BCUT2D eigenvalue weighted by atomic mass is 9.84. The molecule has 2 aliphatic rings. The first kappa shape index (κ1) is 22.5. The van der Waals surface area contributed by atoms with Gasteiger partial charge in [-0.3, -0.25) is 0 Å². The molecule has 3 heterocycles. The van der Waals surface area contributed by atoms with Crippen molar-refractivity contribution < 1.29 is 14.2 Å². The van der Waals surface area contributed by atoms with Crippen molar-refractivity contribution in [2.45, 2.75) is 24.2 Å². The number of para-hydroxylation sites is 2. The van der Waals surface area contributed by atoms with E-state index in [0.29, 0.717) is 22.6 Å². The predicted molar refractivity (Wildman–Crippen MR) is 141 cm³/mol. The number of hydrogen-bond acceptors (Lipinski definition) is 7. The molecule has 182 valence electrons. The lowest BCUT2D eigenvalue weighted by Crippen LogP contribution is -2.32. The third kappa shape index (κ3) is 3.52. The highest BCUT2D eigenvalue weighted by Gasteiger charge is 2.42. The number of hydrogen-bond donors (Lipinski definition) is 1. The summed E-state index contributed by atoms with van der Waals surface area (Å²) in [4.78, 5) is 4.77. The fourth-order valence-corrected chi connectivity index (χ4v) is 5.34. The second-order valence-corrected chi connectivity index (χ2v) is 9.49. The molecule has 1 N–H and O–H groups in total. The molecule has 2 unspecified atom stereocenters. The third-order valence-electron chi connectivity index (χ3n) is 6.65. The van der Waals surface area contributed by atoms with Gasteiger partial charge in [-0.25, -0.2) is 4.68 Å². The van der Waals surface area contributed by atoms with Crippen LogP contribution >= 0.6 is 11.8 Å². The molecule has 3 aromatic carbocycles. The van der Waals surface area contributed by atoms with Gasteiger partial charge in [0.2, 0.25) is 11.1 Å². The zero-order valence-electron chi connectivity index (χ0n) is 20.5. The molecule has 0 bridgehead atoms. The van der Waals surface area contributed by atoms with Crippen LogP contribution in [0.3, 0.4) is 0 Å². The van der Waals surface area contributed by atoms with E-state index in [1.165, 1.54) is 17.3 Å². The maximum absolute atomic E-state index is 6.75. The molecule has 8 heteroatoms. The van der Waals surface area contributed by atoms with E-state index in [1.807, 2.05) is 47.3 Å². The smallest absolute Gasteiger partial charge is 0.227 e. The number of benzene rings is 3. The molecule has 0 spiro atoms. The van der Waals surface area contributed by atoms with Crippen LogP contribution < -0.4 is 19.5 Å². The van der Waals surface area contributed by atoms with E-state index in [1.54, 1.807) is 14.2 Å². The first-order valence-corrected chi connectivity index (χ1v) is 12.9. The summed E-state index contributed by atoms with van der Waals surface area (Å²) in [7, 11) is 3.30. The normalized spacial score (nSPS) is 17.9. The first-order chi connectivity index (χ1) is 17.6. The number of methoxy groups -OCH3 is 2. The summed E-state index contributed by atoms with van der Waals surface area (Å²) in [6.07, 6.45) is 1.53. The van der Waals surface area contributed by atoms with Crippen LogP contribution in [0.2, 0.25) is 0 Å². The molecule has 1 aromatic heterocycles. The van der Waals surface area contributed by atoms with E-state index >= 15 is 0 Å². The Morgan fingerprint density at radius 1 is 0.972 bits per heavy atom. The van der Waals surface area contributed by atoms with Crippen molar-refractivity contribution >= 4 is 23.4 Å². The number of rotatable bonds is 5. The first-order valence-electron chi connectivity index (χ1n) is 11.7. The van der Waals surface area contributed by atoms with E-state index in [0.717, 1.165) is 33.7 Å². The topological polar surface area (TPSA) is 70.4 Å². The molecule has 0 radical (unpaired) electrons. The molecular weight excluding hydrogens is 472 g/mol. The number of thioether (sulfide) groups is 1. The van der Waals surface area contributed by atoms with Crippen LogP contribution in [0.1, 0.15) is 34.4 Å². The molecule has 0 saturated carbocycles. The second kappa shape index (κ2) is 8.95. The lowest BCUT2D eigenvalue weighted by molar-refractivity contribution is 0.216. The van der Waals surface area contributed by atoms with Gasteiger partial charge in [0.25, 0.3) is 0 Å². The third-order valence-corrected chi connectivity index (χ3v) is 7.19. The Labute approximate surface area is 214 Å². The Kier molecular flexibility index (Phi) is 5.60. The van der Waals surface area contributed by atoms with Gasteiger partial charge < -0.3 is 19.5 Å². The van der Waals surface area contributed by atoms with Crippen LogP contribution in [0, 0.1) is 6.92 Å². The fourth-order valence-electron chi connectivity index (χ4n) is 4.99. The van der Waals surface area contributed by atoms with Crippen molar-refractivity contribution in [1.82, 2.24) is 14.8 Å². The van der Waals surface area contributed by atoms with Crippen LogP contribution in [-0.4, -0.2) is 35.2 Å². The summed E-state index contributed by atoms with van der Waals surface area (Å²) < 4.78 is 20.2. The number of anilines is 1. The van der Waals surface area contributed by atoms with E-state index in [-0.39, 0.29) is 6.04 Å². The number of nitrogens with zero attached hydrogens (tertiary/aromatic N) is 3. The minimum atomic E-state index is -0.450. The molecule has 2 atom stereocenters. The average molecular weight is 499 g/mol. The van der Waals surface area contributed by atoms with Crippen molar-refractivity contribution in [2.75, 3.05) is 25.8 Å². The van der Waals surface area contributed by atoms with Crippen molar-refractivity contribution in [3.8, 4) is 17.2 Å². The Bertz CT molecular complexity index is 1480. The molecule has 0 amide bonds. The van der Waals surface area contributed by atoms with Gasteiger partial charge in [0, 0.05) is 16.7 Å². The van der Waals surface area contributed by atoms with Crippen molar-refractivity contribution in [3.63, 3.8) is 0 Å². The largest absolute Gasteiger partial charge is 0.493 e. The van der Waals surface area contributed by atoms with E-state index < -0.39 is 6.10 Å². The quantitative estimate of drug-likeness (QED) is 0.344. The van der Waals surface area contributed by atoms with E-state index in [2.05, 4.69) is 42.6 Å². The monoisotopic (exact) mass is 498 g/mol. The summed E-state index contributed by atoms with van der Waals surface area (Å²) >= 11 is 1.52. The van der Waals surface area contributed by atoms with Gasteiger partial charge in [-0.2, -0.15) is 4.98 Å². The molecule has 36 heavy (non-hydrogen) atoms. The maximum atomic E-state index is 6.75. The minimum Gasteiger partial charge on any atom is -0.493 e. The van der Waals surface area contributed by atoms with Gasteiger partial charge in [-0.05, 0) is 36.9 Å². The van der Waals surface area contributed by atoms with E-state index in [9.17, 15) is 0 Å². The van der Waals surface area contributed by atoms with Gasteiger partial charge in [-0.1, -0.05) is 65.9 Å². The summed E-state index contributed by atoms with van der Waals surface area (Å²) in [6.45, 7) is 2.09. The van der Waals surface area contributed by atoms with Crippen LogP contribution in [0.5, 0.6) is 17.2 Å². The van der Waals surface area contributed by atoms with Gasteiger partial charge in [0.1, 0.15) is 11.8 Å². The highest BCUT2D eigenvalue weighted by atomic mass is 32.2. The summed E-state index contributed by atoms with van der Waals surface area (Å²) in [6, 6.07) is 22.3. The van der Waals surface area contributed by atoms with Crippen LogP contribution in [0.4, 0.5) is 5.95 Å². The van der Waals surface area contributed by atoms with Gasteiger partial charge in [-0.15, -0.1) is 5.10 Å². The zero-order chi connectivity index (χ0) is 24.8. The molecule has 4 aromatic rings. The Morgan fingerprint density at radius 2 is 1.78 bits per heavy atom. The van der Waals surface area contributed by atoms with Crippen LogP contribution in [0.25, 0.3) is 5.70 Å². The molecule has 7 nitrogen and oxygen atoms in total. The Hall–Kier alpha value is -3.91. The summed E-state index contributed by atoms with van der Waals surface area (Å²) in [5.41, 5.74) is 6.18. The second-order valence-electron chi connectivity index (χ2n) is 8.71. The van der Waals surface area contributed by atoms with Crippen molar-refractivity contribution in [1.29, 1.82) is 0 Å². The van der Waals surface area contributed by atoms with Gasteiger partial charge >= 0.3 is 0 Å². The Morgan fingerprint density at radius 3 is 2.53 bits per heavy atom. The van der Waals surface area contributed by atoms with Crippen molar-refractivity contribution in [2.24, 2.45) is 0 Å². The number of ether oxygens (including phenoxy) is 3. The van der Waals surface area contributed by atoms with Crippen LogP contribution in [-0.2, 0) is 0 Å². The highest BCUT2D eigenvalue weighted by molar-refractivity contribution is 7.98. The zero-order valence-corrected chi connectivity index (χ0v) is 21.3. The highest BCUT2D eigenvalue weighted by Crippen LogP contribution is 2.53. The fraction of sp³-hybridized carbons (Fsp3) is 0.214. The molecule has 6 rings (SSSR count). The summed E-state index contributed by atoms with van der Waals surface area (Å²) in [5.74, 6) is 2.80. The number of fused-ring (bicyclic) bond motifs is 3. The molecule has 0 saturated heterocycles. The lowest BCUT2D eigenvalue weighted by Gasteiger charge is -2.39. The van der Waals surface area contributed by atoms with E-state index in [4.69, 9.17) is 24.3 Å². The molecule has 2 aliphatic heterocycles. The maximum Gasteiger partial charge on any atom is 0.227 e. The Balaban J connectivity index is 1.65. The average Bonchev–Trinajstić information content (AvgIpc) is 3.34. The standard InChI is InChI=1S/C28H26N4O3S/c1-16-12-14-17(15-13-16)24-22-23(29-27-30-28(36-4)31-32(24)27)18-8-5-6-10-20(18)35-26(22)19-9-7-11-21(33-2)25(19)34-3/h5-15,24,26H,1-4H3,(H,29,30,31). The molecule has 0 fully saturated rings. The number of nitrogens with one attached hydrogen (secondary N) is 1. The number of aryl methyl sites for hydroxylation is 1. The van der Waals surface area contributed by atoms with Gasteiger partial charge in [0.05, 0.1) is 19.9 Å². The SMILES string of the molecule is COc1cccc(C2Oc3ccccc3C3=C2C(c2ccc(C)cc2)n2nc(SC)nc2N3)c1OC. The molecule has 0 aliphatic carbocycles. The summed E-state index contributed by atoms with van der Waals surface area (Å²) in [5, 5.41) is 9.16. The predicted octanol–water partition coefficient (Wildman–Crippen LogP) is 5.89. The minimum absolute atomic E-state index is 0.237. The van der Waals surface area contributed by atoms with Crippen molar-refractivity contribution in [3.05, 3.63) is 94.6 Å².